The van der Waals surface area contributed by atoms with E-state index in [1.165, 1.54) is 35.1 Å². The SMILES string of the molecule is O=[N+]([O-])c1ccc2c(c1Oc1ccc(F)c(-n3cccn3)c1)CC[C@@H]2OP(=O)(N1CC1)N1CC1. The number of halogens is 1. The second-order valence-corrected chi connectivity index (χ2v) is 10.8. The zero-order chi connectivity index (χ0) is 23.4. The Labute approximate surface area is 194 Å². The first-order valence-electron chi connectivity index (χ1n) is 11.0. The molecule has 1 aromatic heterocycles. The molecule has 0 saturated carbocycles. The predicted octanol–water partition coefficient (Wildman–Crippen LogP) is 4.46. The Bertz CT molecular complexity index is 1310. The van der Waals surface area contributed by atoms with Gasteiger partial charge in [-0.15, -0.1) is 0 Å². The summed E-state index contributed by atoms with van der Waals surface area (Å²) in [6, 6.07) is 8.81. The number of fused-ring (bicyclic) bond motifs is 1. The number of nitrogens with zero attached hydrogens (tertiary/aromatic N) is 5. The number of hydrogen-bond acceptors (Lipinski definition) is 6. The van der Waals surface area contributed by atoms with E-state index >= 15 is 0 Å². The van der Waals surface area contributed by atoms with Gasteiger partial charge in [0.05, 0.1) is 11.0 Å². The van der Waals surface area contributed by atoms with E-state index in [2.05, 4.69) is 5.10 Å². The summed E-state index contributed by atoms with van der Waals surface area (Å²) < 4.78 is 45.1. The molecular weight excluding hydrogens is 464 g/mol. The maximum absolute atomic E-state index is 14.4. The normalized spacial score (nSPS) is 19.7. The molecule has 1 atom stereocenters. The van der Waals surface area contributed by atoms with Crippen LogP contribution in [0.1, 0.15) is 23.7 Å². The van der Waals surface area contributed by atoms with Crippen LogP contribution in [0, 0.1) is 15.9 Å². The number of hydrogen-bond donors (Lipinski definition) is 0. The van der Waals surface area contributed by atoms with Gasteiger partial charge in [0.1, 0.15) is 17.3 Å². The van der Waals surface area contributed by atoms with Crippen molar-refractivity contribution in [2.24, 2.45) is 0 Å². The first kappa shape index (κ1) is 21.4. The second-order valence-electron chi connectivity index (χ2n) is 8.44. The van der Waals surface area contributed by atoms with Gasteiger partial charge in [-0.3, -0.25) is 19.2 Å². The molecule has 176 valence electrons. The zero-order valence-electron chi connectivity index (χ0n) is 18.0. The fourth-order valence-electron chi connectivity index (χ4n) is 4.32. The summed E-state index contributed by atoms with van der Waals surface area (Å²) in [6.45, 7) is 2.96. The van der Waals surface area contributed by atoms with Gasteiger partial charge < -0.3 is 4.74 Å². The summed E-state index contributed by atoms with van der Waals surface area (Å²) in [6.07, 6.45) is 3.69. The van der Waals surface area contributed by atoms with Crippen LogP contribution in [-0.2, 0) is 15.5 Å². The van der Waals surface area contributed by atoms with Crippen LogP contribution < -0.4 is 4.74 Å². The average molecular weight is 485 g/mol. The number of rotatable bonds is 8. The van der Waals surface area contributed by atoms with E-state index in [-0.39, 0.29) is 22.9 Å². The minimum absolute atomic E-state index is 0.0971. The molecule has 0 amide bonds. The number of ether oxygens (including phenoxy) is 1. The van der Waals surface area contributed by atoms with Crippen molar-refractivity contribution in [2.75, 3.05) is 26.2 Å². The lowest BCUT2D eigenvalue weighted by molar-refractivity contribution is -0.385. The molecule has 1 aliphatic carbocycles. The van der Waals surface area contributed by atoms with E-state index in [0.717, 1.165) is 31.7 Å². The molecule has 2 fully saturated rings. The molecule has 0 spiro atoms. The number of nitro benzene ring substituents is 1. The van der Waals surface area contributed by atoms with Gasteiger partial charge in [-0.25, -0.2) is 18.4 Å². The van der Waals surface area contributed by atoms with Gasteiger partial charge in [-0.1, -0.05) is 0 Å². The molecular formula is C22H21FN5O5P. The van der Waals surface area contributed by atoms with E-state index in [1.807, 2.05) is 9.34 Å². The fraction of sp³-hybridized carbons (Fsp3) is 0.318. The first-order valence-corrected chi connectivity index (χ1v) is 12.5. The molecule has 2 saturated heterocycles. The average Bonchev–Trinajstić information content (AvgIpc) is 3.76. The Morgan fingerprint density at radius 3 is 2.56 bits per heavy atom. The summed E-state index contributed by atoms with van der Waals surface area (Å²) in [5.74, 6) is -0.162. The zero-order valence-corrected chi connectivity index (χ0v) is 18.9. The molecule has 6 rings (SSSR count). The molecule has 3 aromatic rings. The maximum Gasteiger partial charge on any atom is 0.346 e. The monoisotopic (exact) mass is 485 g/mol. The lowest BCUT2D eigenvalue weighted by atomic mass is 10.1. The van der Waals surface area contributed by atoms with E-state index in [1.54, 1.807) is 18.3 Å². The Balaban J connectivity index is 1.35. The van der Waals surface area contributed by atoms with Crippen LogP contribution in [0.5, 0.6) is 11.5 Å². The van der Waals surface area contributed by atoms with Crippen LogP contribution in [0.2, 0.25) is 0 Å². The molecule has 34 heavy (non-hydrogen) atoms. The standard InChI is InChI=1S/C22H21FN5O5P/c23-18-5-2-15(14-20(18)27-9-1-8-24-27)32-22-17-4-7-21(16(17)3-6-19(22)28(29)30)33-34(31,25-10-11-25)26-12-13-26/h1-3,5-6,8-9,14,21H,4,7,10-13H2/t21-/m0/s1. The van der Waals surface area contributed by atoms with Crippen LogP contribution in [0.3, 0.4) is 0 Å². The predicted molar refractivity (Wildman–Crippen MR) is 120 cm³/mol. The lowest BCUT2D eigenvalue weighted by Gasteiger charge is -2.24. The Kier molecular flexibility index (Phi) is 5.03. The van der Waals surface area contributed by atoms with Crippen molar-refractivity contribution in [3.63, 3.8) is 0 Å². The molecule has 0 unspecified atom stereocenters. The van der Waals surface area contributed by atoms with Crippen LogP contribution in [0.4, 0.5) is 10.1 Å². The van der Waals surface area contributed by atoms with Crippen LogP contribution in [0.25, 0.3) is 5.69 Å². The van der Waals surface area contributed by atoms with Crippen molar-refractivity contribution in [3.05, 3.63) is 75.9 Å². The maximum atomic E-state index is 14.4. The number of nitro groups is 1. The Morgan fingerprint density at radius 2 is 1.91 bits per heavy atom. The van der Waals surface area contributed by atoms with Gasteiger partial charge >= 0.3 is 13.4 Å². The molecule has 0 N–H and O–H groups in total. The fourth-order valence-corrected chi connectivity index (χ4v) is 6.69. The van der Waals surface area contributed by atoms with Crippen LogP contribution in [-0.4, -0.2) is 50.2 Å². The molecule has 0 radical (unpaired) electrons. The minimum Gasteiger partial charge on any atom is -0.450 e. The highest BCUT2D eigenvalue weighted by molar-refractivity contribution is 7.54. The summed E-state index contributed by atoms with van der Waals surface area (Å²) in [5.41, 5.74) is 1.35. The summed E-state index contributed by atoms with van der Waals surface area (Å²) in [4.78, 5) is 11.3. The summed E-state index contributed by atoms with van der Waals surface area (Å²) in [7, 11) is -3.06. The third kappa shape index (κ3) is 3.70. The van der Waals surface area contributed by atoms with Crippen molar-refractivity contribution in [1.82, 2.24) is 19.1 Å². The van der Waals surface area contributed by atoms with Crippen molar-refractivity contribution < 1.29 is 23.1 Å². The molecule has 2 aromatic carbocycles. The molecule has 12 heteroatoms. The van der Waals surface area contributed by atoms with Gasteiger partial charge in [-0.05, 0) is 42.7 Å². The van der Waals surface area contributed by atoms with E-state index < -0.39 is 24.5 Å². The van der Waals surface area contributed by atoms with Crippen LogP contribution >= 0.6 is 7.67 Å². The van der Waals surface area contributed by atoms with Crippen LogP contribution in [0.15, 0.2) is 48.8 Å². The van der Waals surface area contributed by atoms with Crippen molar-refractivity contribution in [1.29, 1.82) is 0 Å². The Hall–Kier alpha value is -3.11. The molecule has 3 aliphatic rings. The van der Waals surface area contributed by atoms with Crippen molar-refractivity contribution in [2.45, 2.75) is 18.9 Å². The highest BCUT2D eigenvalue weighted by atomic mass is 31.2. The molecule has 0 bridgehead atoms. The van der Waals surface area contributed by atoms with Gasteiger partial charge in [0.25, 0.3) is 0 Å². The second kappa shape index (κ2) is 7.99. The number of aromatic nitrogens is 2. The topological polar surface area (TPSA) is 103 Å². The first-order chi connectivity index (χ1) is 16.4. The highest BCUT2D eigenvalue weighted by Gasteiger charge is 2.51. The Morgan fingerprint density at radius 1 is 1.15 bits per heavy atom. The number of benzene rings is 2. The highest BCUT2D eigenvalue weighted by Crippen LogP contribution is 2.64. The molecule has 3 heterocycles. The van der Waals surface area contributed by atoms with Gasteiger partial charge in [-0.2, -0.15) is 5.10 Å². The third-order valence-corrected chi connectivity index (χ3v) is 8.95. The van der Waals surface area contributed by atoms with Crippen molar-refractivity contribution >= 4 is 13.4 Å². The van der Waals surface area contributed by atoms with Gasteiger partial charge in [0.2, 0.25) is 5.75 Å². The molecule has 10 nitrogen and oxygen atoms in total. The smallest absolute Gasteiger partial charge is 0.346 e. The molecule has 2 aliphatic heterocycles. The van der Waals surface area contributed by atoms with E-state index in [9.17, 15) is 19.1 Å². The summed E-state index contributed by atoms with van der Waals surface area (Å²) >= 11 is 0. The van der Waals surface area contributed by atoms with E-state index in [0.29, 0.717) is 18.4 Å². The van der Waals surface area contributed by atoms with E-state index in [4.69, 9.17) is 9.26 Å². The summed E-state index contributed by atoms with van der Waals surface area (Å²) in [5, 5.41) is 15.8. The quantitative estimate of drug-likeness (QED) is 0.200. The minimum atomic E-state index is -3.06. The lowest BCUT2D eigenvalue weighted by Crippen LogP contribution is -2.11. The van der Waals surface area contributed by atoms with Gasteiger partial charge in [0.15, 0.2) is 0 Å². The van der Waals surface area contributed by atoms with Gasteiger partial charge in [0, 0.05) is 56.3 Å². The third-order valence-electron chi connectivity index (χ3n) is 6.19. The van der Waals surface area contributed by atoms with Crippen molar-refractivity contribution in [3.8, 4) is 17.2 Å². The largest absolute Gasteiger partial charge is 0.450 e.